The minimum absolute atomic E-state index is 0.329. The number of nitrogens with zero attached hydrogens (tertiary/aromatic N) is 1. The van der Waals surface area contributed by atoms with E-state index in [1.807, 2.05) is 0 Å². The lowest BCUT2D eigenvalue weighted by atomic mass is 10.3. The van der Waals surface area contributed by atoms with Gasteiger partial charge in [0.1, 0.15) is 0 Å². The third-order valence-electron chi connectivity index (χ3n) is 2.08. The van der Waals surface area contributed by atoms with Gasteiger partial charge in [-0.2, -0.15) is 0 Å². The topological polar surface area (TPSA) is 103 Å². The van der Waals surface area contributed by atoms with E-state index in [9.17, 15) is 9.59 Å². The van der Waals surface area contributed by atoms with Gasteiger partial charge in [-0.1, -0.05) is 0 Å². The molecule has 0 aliphatic rings. The average molecular weight is 242 g/mol. The Morgan fingerprint density at radius 2 is 2.29 bits per heavy atom. The van der Waals surface area contributed by atoms with Gasteiger partial charge in [-0.05, 0) is 6.07 Å². The van der Waals surface area contributed by atoms with Crippen molar-refractivity contribution in [1.29, 1.82) is 0 Å². The minimum Gasteiger partial charge on any atom is -0.479 e. The summed E-state index contributed by atoms with van der Waals surface area (Å²) in [6.45, 7) is 0.00932. The van der Waals surface area contributed by atoms with Crippen LogP contribution >= 0.6 is 0 Å². The van der Waals surface area contributed by atoms with Crippen molar-refractivity contribution in [1.82, 2.24) is 10.2 Å². The van der Waals surface area contributed by atoms with E-state index in [0.717, 1.165) is 5.56 Å². The molecule has 17 heavy (non-hydrogen) atoms. The van der Waals surface area contributed by atoms with Gasteiger partial charge >= 0.3 is 12.0 Å². The number of aliphatic hydroxyl groups excluding tert-OH is 1. The molecule has 0 radical (unpaired) electrons. The normalized spacial score (nSPS) is 11.9. The van der Waals surface area contributed by atoms with Gasteiger partial charge in [-0.3, -0.25) is 0 Å². The monoisotopic (exact) mass is 242 g/mol. The largest absolute Gasteiger partial charge is 0.479 e. The van der Waals surface area contributed by atoms with Crippen molar-refractivity contribution in [3.8, 4) is 0 Å². The van der Waals surface area contributed by atoms with Crippen LogP contribution in [0.1, 0.15) is 5.56 Å². The lowest BCUT2D eigenvalue weighted by molar-refractivity contribution is -0.146. The summed E-state index contributed by atoms with van der Waals surface area (Å²) in [5.74, 6) is -1.37. The molecule has 7 nitrogen and oxygen atoms in total. The zero-order valence-corrected chi connectivity index (χ0v) is 9.29. The first kappa shape index (κ1) is 13.0. The van der Waals surface area contributed by atoms with E-state index in [1.165, 1.54) is 17.4 Å². The molecule has 0 spiro atoms. The molecule has 94 valence electrons. The number of aliphatic hydroxyl groups is 1. The number of hydrogen-bond donors (Lipinski definition) is 3. The fourth-order valence-electron chi connectivity index (χ4n) is 1.13. The van der Waals surface area contributed by atoms with Gasteiger partial charge in [0, 0.05) is 12.6 Å². The molecule has 3 N–H and O–H groups in total. The maximum atomic E-state index is 11.5. The number of carboxylic acid groups (broad SMARTS) is 1. The molecule has 7 heteroatoms. The van der Waals surface area contributed by atoms with Crippen molar-refractivity contribution in [3.63, 3.8) is 0 Å². The van der Waals surface area contributed by atoms with Gasteiger partial charge in [0.05, 0.1) is 25.6 Å². The third kappa shape index (κ3) is 4.15. The van der Waals surface area contributed by atoms with E-state index in [1.54, 1.807) is 13.1 Å². The van der Waals surface area contributed by atoms with Crippen LogP contribution in [0.15, 0.2) is 23.0 Å². The highest BCUT2D eigenvalue weighted by molar-refractivity contribution is 5.76. The van der Waals surface area contributed by atoms with Gasteiger partial charge in [0.25, 0.3) is 0 Å². The lowest BCUT2D eigenvalue weighted by Gasteiger charge is -2.17. The number of furan rings is 1. The fourth-order valence-corrected chi connectivity index (χ4v) is 1.13. The summed E-state index contributed by atoms with van der Waals surface area (Å²) in [5, 5.41) is 19.7. The number of carbonyl (C=O) groups is 2. The molecule has 1 atom stereocenters. The van der Waals surface area contributed by atoms with Crippen LogP contribution in [0.3, 0.4) is 0 Å². The van der Waals surface area contributed by atoms with Crippen molar-refractivity contribution in [2.45, 2.75) is 12.6 Å². The Morgan fingerprint density at radius 3 is 2.82 bits per heavy atom. The highest BCUT2D eigenvalue weighted by atomic mass is 16.4. The molecule has 0 bridgehead atoms. The molecule has 0 aliphatic carbocycles. The minimum atomic E-state index is -1.60. The molecule has 0 saturated heterocycles. The summed E-state index contributed by atoms with van der Waals surface area (Å²) < 4.78 is 4.85. The lowest BCUT2D eigenvalue weighted by Crippen LogP contribution is -2.42. The second-order valence-corrected chi connectivity index (χ2v) is 3.53. The van der Waals surface area contributed by atoms with E-state index in [2.05, 4.69) is 5.32 Å². The number of rotatable bonds is 5. The standard InChI is InChI=1S/C10H14N2O5/c1-12(5-7-2-3-17-6-7)10(16)11-4-8(13)9(14)15/h2-3,6,8,13H,4-5H2,1H3,(H,11,16)(H,14,15)/t8-/m0/s1. The summed E-state index contributed by atoms with van der Waals surface area (Å²) in [4.78, 5) is 23.1. The molecular weight excluding hydrogens is 228 g/mol. The maximum absolute atomic E-state index is 11.5. The van der Waals surface area contributed by atoms with Crippen molar-refractivity contribution in [3.05, 3.63) is 24.2 Å². The molecule has 0 fully saturated rings. The number of aliphatic carboxylic acids is 1. The quantitative estimate of drug-likeness (QED) is 0.667. The maximum Gasteiger partial charge on any atom is 0.334 e. The first-order valence-corrected chi connectivity index (χ1v) is 4.91. The first-order chi connectivity index (χ1) is 8.00. The molecule has 0 unspecified atom stereocenters. The zero-order chi connectivity index (χ0) is 12.8. The Hall–Kier alpha value is -2.02. The zero-order valence-electron chi connectivity index (χ0n) is 9.29. The molecule has 1 heterocycles. The molecule has 0 aliphatic heterocycles. The van der Waals surface area contributed by atoms with Crippen LogP contribution in [0.25, 0.3) is 0 Å². The van der Waals surface area contributed by atoms with Crippen LogP contribution in [0.5, 0.6) is 0 Å². The summed E-state index contributed by atoms with van der Waals surface area (Å²) in [6, 6.07) is 1.25. The highest BCUT2D eigenvalue weighted by Crippen LogP contribution is 2.03. The Balaban J connectivity index is 2.34. The van der Waals surface area contributed by atoms with Crippen molar-refractivity contribution in [2.24, 2.45) is 0 Å². The van der Waals surface area contributed by atoms with E-state index < -0.39 is 18.1 Å². The summed E-state index contributed by atoms with van der Waals surface area (Å²) in [7, 11) is 1.55. The van der Waals surface area contributed by atoms with E-state index >= 15 is 0 Å². The smallest absolute Gasteiger partial charge is 0.334 e. The summed E-state index contributed by atoms with van der Waals surface area (Å²) >= 11 is 0. The van der Waals surface area contributed by atoms with Crippen molar-refractivity contribution < 1.29 is 24.2 Å². The Morgan fingerprint density at radius 1 is 1.59 bits per heavy atom. The van der Waals surface area contributed by atoms with Crippen LogP contribution in [0.4, 0.5) is 4.79 Å². The summed E-state index contributed by atoms with van der Waals surface area (Å²) in [5.41, 5.74) is 0.821. The average Bonchev–Trinajstić information content (AvgIpc) is 2.77. The second-order valence-electron chi connectivity index (χ2n) is 3.53. The van der Waals surface area contributed by atoms with Crippen LogP contribution in [0, 0.1) is 0 Å². The van der Waals surface area contributed by atoms with E-state index in [4.69, 9.17) is 14.6 Å². The van der Waals surface area contributed by atoms with Crippen molar-refractivity contribution in [2.75, 3.05) is 13.6 Å². The van der Waals surface area contributed by atoms with Crippen LogP contribution in [0.2, 0.25) is 0 Å². The molecule has 0 aromatic carbocycles. The summed E-state index contributed by atoms with van der Waals surface area (Å²) in [6.07, 6.45) is 1.41. The Labute approximate surface area is 97.6 Å². The number of nitrogens with one attached hydrogen (secondary N) is 1. The second kappa shape index (κ2) is 5.90. The fraction of sp³-hybridized carbons (Fsp3) is 0.400. The first-order valence-electron chi connectivity index (χ1n) is 4.91. The molecule has 2 amide bonds. The molecule has 1 aromatic heterocycles. The van der Waals surface area contributed by atoms with Gasteiger partial charge in [0.2, 0.25) is 0 Å². The number of urea groups is 1. The highest BCUT2D eigenvalue weighted by Gasteiger charge is 2.16. The molecule has 1 aromatic rings. The molecule has 1 rings (SSSR count). The predicted molar refractivity (Wildman–Crippen MR) is 57.2 cm³/mol. The van der Waals surface area contributed by atoms with E-state index in [-0.39, 0.29) is 6.54 Å². The van der Waals surface area contributed by atoms with Crippen LogP contribution in [-0.4, -0.2) is 46.8 Å². The van der Waals surface area contributed by atoms with Crippen LogP contribution in [-0.2, 0) is 11.3 Å². The van der Waals surface area contributed by atoms with Crippen molar-refractivity contribution >= 4 is 12.0 Å². The number of amides is 2. The van der Waals surface area contributed by atoms with Gasteiger partial charge in [-0.15, -0.1) is 0 Å². The Bertz CT molecular complexity index is 376. The number of hydrogen-bond acceptors (Lipinski definition) is 4. The number of carboxylic acids is 1. The molecular formula is C10H14N2O5. The van der Waals surface area contributed by atoms with Gasteiger partial charge < -0.3 is 24.8 Å². The van der Waals surface area contributed by atoms with Gasteiger partial charge in [-0.25, -0.2) is 9.59 Å². The van der Waals surface area contributed by atoms with E-state index in [0.29, 0.717) is 6.54 Å². The van der Waals surface area contributed by atoms with Gasteiger partial charge in [0.15, 0.2) is 6.10 Å². The third-order valence-corrected chi connectivity index (χ3v) is 2.08. The molecule has 0 saturated carbocycles. The van der Waals surface area contributed by atoms with Crippen LogP contribution < -0.4 is 5.32 Å². The SMILES string of the molecule is CN(Cc1ccoc1)C(=O)NC[C@H](O)C(=O)O. The predicted octanol–water partition coefficient (Wildman–Crippen LogP) is -0.134. The Kier molecular flexibility index (Phi) is 4.53. The number of carbonyl (C=O) groups excluding carboxylic acids is 1.